The molecule has 1 unspecified atom stereocenters. The molecular weight excluding hydrogens is 240 g/mol. The smallest absolute Gasteiger partial charge is 0.855 e. The van der Waals surface area contributed by atoms with Crippen LogP contribution in [-0.2, 0) is 43.7 Å². The van der Waals surface area contributed by atoms with Crippen molar-refractivity contribution in [2.24, 2.45) is 0 Å². The van der Waals surface area contributed by atoms with Crippen molar-refractivity contribution in [2.75, 3.05) is 12.4 Å². The first-order valence-electron chi connectivity index (χ1n) is 2.24. The van der Waals surface area contributed by atoms with E-state index < -0.39 is 12.7 Å². The van der Waals surface area contributed by atoms with Gasteiger partial charge in [0.15, 0.2) is 0 Å². The summed E-state index contributed by atoms with van der Waals surface area (Å²) in [7, 11) is 0. The molecule has 0 aromatic heterocycles. The molecule has 0 amide bonds. The standard InChI is InChI=1S/C3H6O2S.3CO.Fe/c4-1-3(5)2-6;3*1-2;/h3,6H,1-2H2;;;;/q-2;;;;+3/p-1. The van der Waals surface area contributed by atoms with Crippen molar-refractivity contribution in [3.05, 3.63) is 20.0 Å². The summed E-state index contributed by atoms with van der Waals surface area (Å²) >= 11 is 4.26. The van der Waals surface area contributed by atoms with Crippen LogP contribution in [-0.4, -0.2) is 18.5 Å². The van der Waals surface area contributed by atoms with Gasteiger partial charge in [-0.3, -0.25) is 0 Å². The van der Waals surface area contributed by atoms with Crippen molar-refractivity contribution in [2.45, 2.75) is 6.10 Å². The zero-order valence-electron chi connectivity index (χ0n) is 6.29. The Hall–Kier alpha value is 0.00948. The van der Waals surface area contributed by atoms with Gasteiger partial charge in [0.25, 0.3) is 0 Å². The topological polar surface area (TPSA) is 106 Å². The summed E-state index contributed by atoms with van der Waals surface area (Å²) in [6.45, 7) is 12.9. The monoisotopic (exact) mass is 245 g/mol. The molecule has 73 valence electrons. The van der Waals surface area contributed by atoms with E-state index in [4.69, 9.17) is 14.0 Å². The van der Waals surface area contributed by atoms with Crippen molar-refractivity contribution in [1.29, 1.82) is 0 Å². The molecule has 5 nitrogen and oxygen atoms in total. The molecule has 0 heterocycles. The summed E-state index contributed by atoms with van der Waals surface area (Å²) in [5.41, 5.74) is 0. The van der Waals surface area contributed by atoms with Crippen LogP contribution in [0.5, 0.6) is 0 Å². The molecule has 0 aliphatic carbocycles. The Balaban J connectivity index is -0.0000000263. The van der Waals surface area contributed by atoms with Crippen LogP contribution >= 0.6 is 0 Å². The quantitative estimate of drug-likeness (QED) is 0.232. The van der Waals surface area contributed by atoms with E-state index in [0.29, 0.717) is 0 Å². The average Bonchev–Trinajstić information content (AvgIpc) is 2.25. The molecule has 0 aliphatic heterocycles. The van der Waals surface area contributed by atoms with E-state index in [1.54, 1.807) is 0 Å². The fourth-order valence-corrected chi connectivity index (χ4v) is 0.144. The van der Waals surface area contributed by atoms with Gasteiger partial charge in [0.2, 0.25) is 0 Å². The molecule has 0 fully saturated rings. The van der Waals surface area contributed by atoms with Gasteiger partial charge in [-0.25, -0.2) is 0 Å². The van der Waals surface area contributed by atoms with Crippen molar-refractivity contribution in [1.82, 2.24) is 0 Å². The van der Waals surface area contributed by atoms with Gasteiger partial charge in [-0.05, 0) is 0 Å². The minimum Gasteiger partial charge on any atom is -0.855 e. The van der Waals surface area contributed by atoms with Gasteiger partial charge in [-0.15, -0.1) is 0 Å². The van der Waals surface area contributed by atoms with Crippen molar-refractivity contribution in [3.8, 4) is 0 Å². The van der Waals surface area contributed by atoms with Gasteiger partial charge in [-0.1, -0.05) is 0 Å². The third-order valence-electron chi connectivity index (χ3n) is 0.372. The van der Waals surface area contributed by atoms with Gasteiger partial charge < -0.3 is 22.8 Å². The molecule has 0 saturated carbocycles. The van der Waals surface area contributed by atoms with Gasteiger partial charge in [-0.2, -0.15) is 18.5 Å². The van der Waals surface area contributed by atoms with Crippen LogP contribution < -0.4 is 10.2 Å². The van der Waals surface area contributed by atoms with Crippen LogP contribution in [0.1, 0.15) is 0 Å². The Bertz CT molecular complexity index is 95.1. The third kappa shape index (κ3) is 74.8. The van der Waals surface area contributed by atoms with Gasteiger partial charge in [0, 0.05) is 0 Å². The predicted octanol–water partition coefficient (Wildman–Crippen LogP) is -2.49. The maximum Gasteiger partial charge on any atom is 3.00 e. The second-order valence-corrected chi connectivity index (χ2v) is 1.29. The Morgan fingerprint density at radius 1 is 1.08 bits per heavy atom. The third-order valence-corrected chi connectivity index (χ3v) is 0.744. The molecule has 0 aromatic rings. The van der Waals surface area contributed by atoms with Crippen LogP contribution in [0.3, 0.4) is 0 Å². The number of hydrogen-bond acceptors (Lipinski definition) is 3. The second kappa shape index (κ2) is 58.0. The van der Waals surface area contributed by atoms with Crippen LogP contribution in [0.15, 0.2) is 0 Å². The van der Waals surface area contributed by atoms with E-state index in [-0.39, 0.29) is 22.8 Å². The zero-order chi connectivity index (χ0) is 11.0. The first-order valence-corrected chi connectivity index (χ1v) is 2.82. The van der Waals surface area contributed by atoms with E-state index in [1.165, 1.54) is 0 Å². The van der Waals surface area contributed by atoms with Crippen molar-refractivity contribution in [3.63, 3.8) is 0 Å². The molecule has 0 rings (SSSR count). The largest absolute Gasteiger partial charge is 3.00 e. The molecular formula is C6H5FeO5S. The number of rotatable bonds is 2. The minimum atomic E-state index is -1.06. The van der Waals surface area contributed by atoms with Crippen LogP contribution in [0.25, 0.3) is 0 Å². The molecule has 0 bridgehead atoms. The minimum absolute atomic E-state index is 0. The first kappa shape index (κ1) is 29.2. The Labute approximate surface area is 92.6 Å². The molecule has 0 aliphatic rings. The molecule has 0 spiro atoms. The Morgan fingerprint density at radius 3 is 1.31 bits per heavy atom. The fourth-order valence-electron chi connectivity index (χ4n) is 0.0481. The normalized spacial score (nSPS) is 7.15. The number of hydrogen-bond donors (Lipinski definition) is 0. The Morgan fingerprint density at radius 2 is 1.31 bits per heavy atom. The zero-order valence-corrected chi connectivity index (χ0v) is 8.22. The molecule has 0 aromatic carbocycles. The predicted molar refractivity (Wildman–Crippen MR) is 32.7 cm³/mol. The van der Waals surface area contributed by atoms with Gasteiger partial charge >= 0.3 is 51.0 Å². The van der Waals surface area contributed by atoms with E-state index >= 15 is 0 Å². The maximum atomic E-state index is 9.85. The molecule has 1 radical (unpaired) electrons. The molecule has 1 atom stereocenters. The summed E-state index contributed by atoms with van der Waals surface area (Å²) in [6, 6.07) is 0. The summed E-state index contributed by atoms with van der Waals surface area (Å²) in [5, 5.41) is 19.3. The maximum absolute atomic E-state index is 9.85. The Kier molecular flexibility index (Phi) is 131. The van der Waals surface area contributed by atoms with E-state index in [9.17, 15) is 10.2 Å². The first-order chi connectivity index (χ1) is 5.81. The van der Waals surface area contributed by atoms with Crippen LogP contribution in [0.2, 0.25) is 0 Å². The van der Waals surface area contributed by atoms with Crippen molar-refractivity contribution < 1.29 is 41.2 Å². The molecule has 7 heteroatoms. The SMILES string of the molecule is [C-]#[O+].[C-]#[O+].[C-]#[O+].[Fe+3].[O-]CC([O-])C[S-]. The molecule has 0 saturated heterocycles. The van der Waals surface area contributed by atoms with E-state index in [0.717, 1.165) is 0 Å². The summed E-state index contributed by atoms with van der Waals surface area (Å²) in [5.74, 6) is 0.0451. The van der Waals surface area contributed by atoms with Crippen LogP contribution in [0, 0.1) is 20.0 Å². The summed E-state index contributed by atoms with van der Waals surface area (Å²) < 4.78 is 22.5. The summed E-state index contributed by atoms with van der Waals surface area (Å²) in [6.07, 6.45) is -1.06. The van der Waals surface area contributed by atoms with Crippen LogP contribution in [0.4, 0.5) is 0 Å². The average molecular weight is 245 g/mol. The molecule has 0 N–H and O–H groups in total. The van der Waals surface area contributed by atoms with Gasteiger partial charge in [0.05, 0.1) is 0 Å². The summed E-state index contributed by atoms with van der Waals surface area (Å²) in [4.78, 5) is 0. The second-order valence-electron chi connectivity index (χ2n) is 0.955. The van der Waals surface area contributed by atoms with E-state index in [1.807, 2.05) is 0 Å². The van der Waals surface area contributed by atoms with E-state index in [2.05, 4.69) is 32.6 Å². The molecule has 13 heavy (non-hydrogen) atoms. The van der Waals surface area contributed by atoms with Crippen molar-refractivity contribution >= 4 is 12.6 Å². The van der Waals surface area contributed by atoms with Gasteiger partial charge in [0.1, 0.15) is 0 Å². The fraction of sp³-hybridized carbons (Fsp3) is 0.500.